The van der Waals surface area contributed by atoms with Crippen molar-refractivity contribution in [3.05, 3.63) is 71.8 Å². The molecule has 27 nitrogen and oxygen atoms in total. The van der Waals surface area contributed by atoms with Gasteiger partial charge in [-0.25, -0.2) is 0 Å². The number of likely N-dealkylation sites (tertiary alicyclic amines) is 1. The summed E-state index contributed by atoms with van der Waals surface area (Å²) in [6.45, 7) is 22.1. The van der Waals surface area contributed by atoms with Crippen LogP contribution in [-0.2, 0) is 75.2 Å². The highest BCUT2D eigenvalue weighted by atomic mass is 16.3. The monoisotopic (exact) mass is 1400 g/mol. The molecule has 2 aromatic carbocycles. The third-order valence-electron chi connectivity index (χ3n) is 19.0. The Morgan fingerprint density at radius 2 is 0.930 bits per heavy atom. The van der Waals surface area contributed by atoms with E-state index >= 15 is 9.59 Å². The topological polar surface area (TPSA) is 346 Å². The van der Waals surface area contributed by atoms with Crippen molar-refractivity contribution in [2.24, 2.45) is 29.6 Å². The van der Waals surface area contributed by atoms with Crippen LogP contribution in [0.5, 0.6) is 0 Å². The van der Waals surface area contributed by atoms with Crippen molar-refractivity contribution in [1.82, 2.24) is 66.6 Å². The lowest BCUT2D eigenvalue weighted by atomic mass is 9.94. The van der Waals surface area contributed by atoms with E-state index in [1.54, 1.807) is 81.4 Å². The minimum absolute atomic E-state index is 0.0657. The molecule has 556 valence electrons. The Hall–Kier alpha value is -8.49. The van der Waals surface area contributed by atoms with Crippen molar-refractivity contribution >= 4 is 76.8 Å². The number of hydrogen-bond donors (Lipinski definition) is 8. The summed E-state index contributed by atoms with van der Waals surface area (Å²) in [5.41, 5.74) is 1.22. The molecule has 8 N–H and O–H groups in total. The van der Waals surface area contributed by atoms with Gasteiger partial charge >= 0.3 is 0 Å². The zero-order valence-corrected chi connectivity index (χ0v) is 62.2. The molecular formula is C73H115N13O14. The molecule has 13 atom stereocenters. The highest BCUT2D eigenvalue weighted by Crippen LogP contribution is 2.22. The van der Waals surface area contributed by atoms with Crippen molar-refractivity contribution in [3.63, 3.8) is 0 Å². The molecule has 0 bridgehead atoms. The molecule has 0 aliphatic carbocycles. The molecule has 0 aromatic heterocycles. The summed E-state index contributed by atoms with van der Waals surface area (Å²) < 4.78 is 0. The number of rotatable bonds is 15. The third-order valence-corrected chi connectivity index (χ3v) is 19.0. The van der Waals surface area contributed by atoms with Crippen LogP contribution in [0.3, 0.4) is 0 Å². The molecule has 2 aliphatic heterocycles. The first kappa shape index (κ1) is 83.9. The maximum atomic E-state index is 15.1. The molecule has 4 rings (SSSR count). The van der Waals surface area contributed by atoms with Gasteiger partial charge in [-0.15, -0.1) is 0 Å². The number of carbonyl (C=O) groups is 13. The molecule has 2 heterocycles. The number of piperidine rings is 1. The first-order valence-electron chi connectivity index (χ1n) is 35.4. The normalized spacial score (nSPS) is 26.2. The molecule has 2 fully saturated rings. The van der Waals surface area contributed by atoms with Crippen LogP contribution in [0.25, 0.3) is 0 Å². The third kappa shape index (κ3) is 24.1. The second-order valence-electron chi connectivity index (χ2n) is 28.9. The van der Waals surface area contributed by atoms with Gasteiger partial charge in [-0.3, -0.25) is 62.3 Å². The Kier molecular flexibility index (Phi) is 33.1. The van der Waals surface area contributed by atoms with Gasteiger partial charge in [0.15, 0.2) is 0 Å². The van der Waals surface area contributed by atoms with Gasteiger partial charge < -0.3 is 71.7 Å². The molecule has 13 amide bonds. The quantitative estimate of drug-likeness (QED) is 0.127. The summed E-state index contributed by atoms with van der Waals surface area (Å²) in [5.74, 6) is -11.5. The van der Waals surface area contributed by atoms with Gasteiger partial charge in [0.25, 0.3) is 0 Å². The van der Waals surface area contributed by atoms with Crippen LogP contribution in [0.15, 0.2) is 60.7 Å². The highest BCUT2D eigenvalue weighted by Gasteiger charge is 2.43. The van der Waals surface area contributed by atoms with E-state index in [-0.39, 0.29) is 49.9 Å². The van der Waals surface area contributed by atoms with Crippen LogP contribution in [0, 0.1) is 29.6 Å². The van der Waals surface area contributed by atoms with Crippen LogP contribution in [0.2, 0.25) is 0 Å². The Balaban J connectivity index is 1.89. The van der Waals surface area contributed by atoms with E-state index in [2.05, 4.69) is 37.2 Å². The SMILES string of the molecule is CC[C@H](C)[C@H]1C(=O)N[C@@H](CC(C)C)C(=O)NCC(=O)N(C)[C@@H](CC(C)C)C(=O)N[C@@H](Cc2ccccc2)C(=O)N[C@@H]([C@@H](C)O)C(=O)N(C)[C@@H](C)C(=O)N[C@H](C(=O)N2CCCCC2)CC(=O)N(C)[C@@H](C)C(=O)N[C@@H](Cc2ccccc2)C(=O)N(C)[C@@H](C(C)C)C(=O)N[C@@H](CC(C)C)C(=O)N1C. The summed E-state index contributed by atoms with van der Waals surface area (Å²) >= 11 is 0. The minimum atomic E-state index is -1.73. The number of nitrogens with zero attached hydrogens (tertiary/aromatic N) is 6. The zero-order chi connectivity index (χ0) is 75.2. The van der Waals surface area contributed by atoms with Gasteiger partial charge in [0.05, 0.1) is 19.1 Å². The van der Waals surface area contributed by atoms with E-state index in [0.717, 1.165) is 21.1 Å². The Morgan fingerprint density at radius 1 is 0.470 bits per heavy atom. The summed E-state index contributed by atoms with van der Waals surface area (Å²) in [6.07, 6.45) is 0.375. The Labute approximate surface area is 591 Å². The number of aliphatic hydroxyl groups is 1. The van der Waals surface area contributed by atoms with Crippen LogP contribution in [0.4, 0.5) is 0 Å². The number of likely N-dealkylation sites (N-methyl/N-ethyl adjacent to an activating group) is 5. The van der Waals surface area contributed by atoms with Gasteiger partial charge in [0.2, 0.25) is 76.8 Å². The summed E-state index contributed by atoms with van der Waals surface area (Å²) in [7, 11) is 6.82. The van der Waals surface area contributed by atoms with Crippen LogP contribution in [0.1, 0.15) is 153 Å². The van der Waals surface area contributed by atoms with Crippen LogP contribution < -0.4 is 37.2 Å². The number of aliphatic hydroxyl groups excluding tert-OH is 1. The van der Waals surface area contributed by atoms with E-state index < -0.39 is 174 Å². The summed E-state index contributed by atoms with van der Waals surface area (Å²) in [6, 6.07) is 2.53. The second kappa shape index (κ2) is 39.5. The standard InChI is InChI=1S/C73H115N13O14/c1-19-46(10)62-69(96)76-52(35-42(2)3)65(92)74-41-59(89)83(16)57(37-44(6)7)67(94)75-53(38-50-29-23-20-24-30-50)66(93)80-60(49(13)87)73(100)82(15)48(12)64(91)78-56(72(99)86-33-27-22-28-34-86)40-58(88)81(14)47(11)63(90)77-55(39-51-31-25-21-26-32-51)71(98)84(17)61(45(8)9)68(95)79-54(36-43(4)5)70(97)85(62)18/h20-21,23-26,29-32,42-49,52-57,60-62,87H,19,22,27-28,33-41H2,1-18H3,(H,74,92)(H,75,94)(H,76,96)(H,77,90)(H,78,91)(H,79,95)(H,80,93)/t46-,47-,48-,49+,52-,53-,54-,55-,56-,57-,60-,61-,62-/m0/s1. The molecule has 27 heteroatoms. The molecule has 0 radical (unpaired) electrons. The molecule has 0 saturated carbocycles. The molecule has 100 heavy (non-hydrogen) atoms. The number of carbonyl (C=O) groups excluding carboxylic acids is 13. The Bertz CT molecular complexity index is 3130. The lowest BCUT2D eigenvalue weighted by Crippen LogP contribution is -2.62. The van der Waals surface area contributed by atoms with Crippen molar-refractivity contribution in [1.29, 1.82) is 0 Å². The number of amides is 13. The van der Waals surface area contributed by atoms with Crippen molar-refractivity contribution in [2.75, 3.05) is 54.9 Å². The van der Waals surface area contributed by atoms with Crippen LogP contribution in [-0.4, -0.2) is 239 Å². The predicted molar refractivity (Wildman–Crippen MR) is 378 cm³/mol. The van der Waals surface area contributed by atoms with Gasteiger partial charge in [-0.05, 0) is 100 Å². The van der Waals surface area contributed by atoms with Crippen molar-refractivity contribution in [3.8, 4) is 0 Å². The van der Waals surface area contributed by atoms with Gasteiger partial charge in [0, 0.05) is 61.2 Å². The number of benzene rings is 2. The Morgan fingerprint density at radius 3 is 1.45 bits per heavy atom. The molecule has 0 unspecified atom stereocenters. The van der Waals surface area contributed by atoms with E-state index in [4.69, 9.17) is 0 Å². The zero-order valence-electron chi connectivity index (χ0n) is 62.2. The lowest BCUT2D eigenvalue weighted by molar-refractivity contribution is -0.148. The predicted octanol–water partition coefficient (Wildman–Crippen LogP) is 2.31. The van der Waals surface area contributed by atoms with Crippen molar-refractivity contribution < 1.29 is 67.4 Å². The fraction of sp³-hybridized carbons (Fsp3) is 0.658. The summed E-state index contributed by atoms with van der Waals surface area (Å²) in [5, 5.41) is 30.5. The first-order valence-corrected chi connectivity index (χ1v) is 35.4. The van der Waals surface area contributed by atoms with E-state index in [1.807, 2.05) is 48.5 Å². The molecule has 2 saturated heterocycles. The molecular weight excluding hydrogens is 1280 g/mol. The first-order chi connectivity index (χ1) is 46.9. The van der Waals surface area contributed by atoms with E-state index in [0.29, 0.717) is 43.5 Å². The van der Waals surface area contributed by atoms with Gasteiger partial charge in [0.1, 0.15) is 66.5 Å². The molecule has 0 spiro atoms. The van der Waals surface area contributed by atoms with E-state index in [9.17, 15) is 57.8 Å². The van der Waals surface area contributed by atoms with Crippen molar-refractivity contribution in [2.45, 2.75) is 227 Å². The number of nitrogens with one attached hydrogen (secondary N) is 7. The number of hydrogen-bond acceptors (Lipinski definition) is 14. The average Bonchev–Trinajstić information content (AvgIpc) is 0.827. The largest absolute Gasteiger partial charge is 0.391 e. The summed E-state index contributed by atoms with van der Waals surface area (Å²) in [4.78, 5) is 198. The van der Waals surface area contributed by atoms with Gasteiger partial charge in [-0.1, -0.05) is 136 Å². The molecule has 2 aliphatic rings. The highest BCUT2D eigenvalue weighted by molar-refractivity contribution is 6.00. The molecule has 2 aromatic rings. The second-order valence-corrected chi connectivity index (χ2v) is 28.9. The van der Waals surface area contributed by atoms with Crippen LogP contribution >= 0.6 is 0 Å². The maximum Gasteiger partial charge on any atom is 0.248 e. The lowest BCUT2D eigenvalue weighted by Gasteiger charge is -2.37. The van der Waals surface area contributed by atoms with Gasteiger partial charge in [-0.2, -0.15) is 0 Å². The fourth-order valence-corrected chi connectivity index (χ4v) is 12.5. The van der Waals surface area contributed by atoms with E-state index in [1.165, 1.54) is 70.7 Å². The smallest absolute Gasteiger partial charge is 0.248 e. The maximum absolute atomic E-state index is 15.1. The average molecular weight is 1400 g/mol. The fourth-order valence-electron chi connectivity index (χ4n) is 12.5. The minimum Gasteiger partial charge on any atom is -0.391 e.